The van der Waals surface area contributed by atoms with Crippen molar-refractivity contribution >= 4 is 50.2 Å². The molecule has 0 atom stereocenters. The van der Waals surface area contributed by atoms with Crippen molar-refractivity contribution in [2.75, 3.05) is 16.2 Å². The van der Waals surface area contributed by atoms with E-state index >= 15 is 0 Å². The molecule has 0 saturated heterocycles. The third kappa shape index (κ3) is 4.35. The maximum Gasteiger partial charge on any atom is 0.274 e. The van der Waals surface area contributed by atoms with Gasteiger partial charge in [0.25, 0.3) is 10.0 Å². The molecule has 146 valence electrons. The van der Waals surface area contributed by atoms with Gasteiger partial charge in [-0.3, -0.25) is 9.10 Å². The fourth-order valence-corrected chi connectivity index (χ4v) is 5.32. The van der Waals surface area contributed by atoms with Gasteiger partial charge < -0.3 is 5.32 Å². The number of aryl methyl sites for hydroxylation is 1. The maximum atomic E-state index is 14.3. The summed E-state index contributed by atoms with van der Waals surface area (Å²) in [7, 11) is -4.11. The third-order valence-corrected chi connectivity index (χ3v) is 7.28. The summed E-state index contributed by atoms with van der Waals surface area (Å²) >= 11 is 6.91. The van der Waals surface area contributed by atoms with Crippen molar-refractivity contribution < 1.29 is 17.6 Å². The molecule has 0 aliphatic heterocycles. The number of thiophene rings is 1. The zero-order valence-electron chi connectivity index (χ0n) is 14.7. The van der Waals surface area contributed by atoms with E-state index in [-0.39, 0.29) is 9.90 Å². The number of halogens is 2. The molecule has 2 aromatic carbocycles. The quantitative estimate of drug-likeness (QED) is 0.607. The second kappa shape index (κ2) is 8.30. The van der Waals surface area contributed by atoms with Crippen LogP contribution in [0.25, 0.3) is 0 Å². The number of hydrogen-bond donors (Lipinski definition) is 1. The molecule has 0 saturated carbocycles. The number of nitrogens with zero attached hydrogens (tertiary/aromatic N) is 1. The zero-order chi connectivity index (χ0) is 20.3. The number of rotatable bonds is 6. The van der Waals surface area contributed by atoms with Crippen molar-refractivity contribution in [3.8, 4) is 0 Å². The Bertz CT molecular complexity index is 1100. The average molecular weight is 439 g/mol. The molecule has 1 amide bonds. The predicted molar refractivity (Wildman–Crippen MR) is 110 cm³/mol. The van der Waals surface area contributed by atoms with E-state index in [1.807, 2.05) is 0 Å². The normalized spacial score (nSPS) is 11.2. The number of carbonyl (C=O) groups is 1. The number of carbonyl (C=O) groups excluding carboxylic acids is 1. The molecule has 1 aromatic heterocycles. The third-order valence-electron chi connectivity index (χ3n) is 3.91. The van der Waals surface area contributed by atoms with Crippen LogP contribution >= 0.6 is 22.9 Å². The van der Waals surface area contributed by atoms with Crippen molar-refractivity contribution in [1.82, 2.24) is 0 Å². The van der Waals surface area contributed by atoms with Crippen LogP contribution in [0.4, 0.5) is 15.8 Å². The van der Waals surface area contributed by atoms with Crippen molar-refractivity contribution in [3.63, 3.8) is 0 Å². The highest BCUT2D eigenvalue weighted by molar-refractivity contribution is 7.94. The molecular formula is C19H16ClFN2O3S2. The van der Waals surface area contributed by atoms with Crippen LogP contribution in [0, 0.1) is 12.7 Å². The van der Waals surface area contributed by atoms with Gasteiger partial charge in [-0.05, 0) is 54.3 Å². The minimum Gasteiger partial charge on any atom is -0.324 e. The monoisotopic (exact) mass is 438 g/mol. The number of sulfonamides is 1. The Kier molecular flexibility index (Phi) is 6.02. The van der Waals surface area contributed by atoms with E-state index in [2.05, 4.69) is 5.32 Å². The average Bonchev–Trinajstić information content (AvgIpc) is 3.18. The number of para-hydroxylation sites is 1. The summed E-state index contributed by atoms with van der Waals surface area (Å²) in [5.41, 5.74) is 1.02. The van der Waals surface area contributed by atoms with Gasteiger partial charge in [0.15, 0.2) is 0 Å². The number of nitrogens with one attached hydrogen (secondary N) is 1. The number of amides is 1. The van der Waals surface area contributed by atoms with Crippen LogP contribution in [0.15, 0.2) is 64.2 Å². The van der Waals surface area contributed by atoms with Gasteiger partial charge in [0.05, 0.1) is 5.69 Å². The van der Waals surface area contributed by atoms with Crippen LogP contribution in [0.3, 0.4) is 0 Å². The lowest BCUT2D eigenvalue weighted by Crippen LogP contribution is -2.38. The van der Waals surface area contributed by atoms with Crippen molar-refractivity contribution in [1.29, 1.82) is 0 Å². The molecule has 1 N–H and O–H groups in total. The molecule has 0 bridgehead atoms. The molecule has 1 heterocycles. The van der Waals surface area contributed by atoms with Crippen molar-refractivity contribution in [3.05, 3.63) is 76.4 Å². The molecule has 3 aromatic rings. The maximum absolute atomic E-state index is 14.3. The molecule has 0 unspecified atom stereocenters. The second-order valence-electron chi connectivity index (χ2n) is 5.90. The van der Waals surface area contributed by atoms with E-state index in [4.69, 9.17) is 11.6 Å². The lowest BCUT2D eigenvalue weighted by atomic mass is 10.2. The molecule has 0 fully saturated rings. The molecule has 5 nitrogen and oxygen atoms in total. The first kappa shape index (κ1) is 20.3. The van der Waals surface area contributed by atoms with Gasteiger partial charge in [0.2, 0.25) is 5.91 Å². The highest BCUT2D eigenvalue weighted by Gasteiger charge is 2.30. The number of hydrogen-bond acceptors (Lipinski definition) is 4. The van der Waals surface area contributed by atoms with Crippen LogP contribution in [0.5, 0.6) is 0 Å². The second-order valence-corrected chi connectivity index (χ2v) is 9.38. The Morgan fingerprint density at radius 2 is 1.93 bits per heavy atom. The zero-order valence-corrected chi connectivity index (χ0v) is 17.1. The van der Waals surface area contributed by atoms with Gasteiger partial charge in [0, 0.05) is 10.7 Å². The fourth-order valence-electron chi connectivity index (χ4n) is 2.56. The summed E-state index contributed by atoms with van der Waals surface area (Å²) in [6.45, 7) is 1.18. The summed E-state index contributed by atoms with van der Waals surface area (Å²) in [6, 6.07) is 13.3. The molecular weight excluding hydrogens is 423 g/mol. The molecule has 0 spiro atoms. The van der Waals surface area contributed by atoms with Crippen LogP contribution in [0.1, 0.15) is 5.56 Å². The summed E-state index contributed by atoms with van der Waals surface area (Å²) in [5.74, 6) is -1.34. The Morgan fingerprint density at radius 1 is 1.18 bits per heavy atom. The highest BCUT2D eigenvalue weighted by Crippen LogP contribution is 2.28. The van der Waals surface area contributed by atoms with Gasteiger partial charge in [-0.25, -0.2) is 12.8 Å². The standard InChI is InChI=1S/C19H16ClFN2O3S2/c1-13-11-14(20)8-9-16(13)22-18(24)12-23(17-6-3-2-5-15(17)21)28(25,26)19-7-4-10-27-19/h2-11H,12H2,1H3,(H,22,24). The first-order chi connectivity index (χ1) is 13.3. The molecule has 9 heteroatoms. The highest BCUT2D eigenvalue weighted by atomic mass is 35.5. The smallest absolute Gasteiger partial charge is 0.274 e. The Hall–Kier alpha value is -2.42. The summed E-state index contributed by atoms with van der Waals surface area (Å²) in [4.78, 5) is 12.6. The molecule has 0 aliphatic carbocycles. The van der Waals surface area contributed by atoms with Gasteiger partial charge in [-0.1, -0.05) is 29.8 Å². The first-order valence-electron chi connectivity index (χ1n) is 8.16. The molecule has 28 heavy (non-hydrogen) atoms. The SMILES string of the molecule is Cc1cc(Cl)ccc1NC(=O)CN(c1ccccc1F)S(=O)(=O)c1cccs1. The lowest BCUT2D eigenvalue weighted by Gasteiger charge is -2.23. The Balaban J connectivity index is 1.94. The van der Waals surface area contributed by atoms with Crippen molar-refractivity contribution in [2.45, 2.75) is 11.1 Å². The van der Waals surface area contributed by atoms with E-state index < -0.39 is 28.3 Å². The summed E-state index contributed by atoms with van der Waals surface area (Å²) < 4.78 is 41.2. The van der Waals surface area contributed by atoms with E-state index in [0.29, 0.717) is 10.7 Å². The van der Waals surface area contributed by atoms with Crippen molar-refractivity contribution in [2.24, 2.45) is 0 Å². The largest absolute Gasteiger partial charge is 0.324 e. The topological polar surface area (TPSA) is 66.5 Å². The summed E-state index contributed by atoms with van der Waals surface area (Å²) in [5, 5.41) is 4.77. The first-order valence-corrected chi connectivity index (χ1v) is 10.9. The molecule has 3 rings (SSSR count). The van der Waals surface area contributed by atoms with Gasteiger partial charge in [-0.15, -0.1) is 11.3 Å². The number of benzene rings is 2. The minimum absolute atomic E-state index is 0.0197. The van der Waals surface area contributed by atoms with Crippen LogP contribution in [-0.4, -0.2) is 20.9 Å². The van der Waals surface area contributed by atoms with Crippen LogP contribution in [0.2, 0.25) is 5.02 Å². The van der Waals surface area contributed by atoms with E-state index in [1.165, 1.54) is 24.3 Å². The van der Waals surface area contributed by atoms with Crippen LogP contribution < -0.4 is 9.62 Å². The fraction of sp³-hybridized carbons (Fsp3) is 0.105. The van der Waals surface area contributed by atoms with E-state index in [0.717, 1.165) is 27.3 Å². The van der Waals surface area contributed by atoms with Gasteiger partial charge >= 0.3 is 0 Å². The van der Waals surface area contributed by atoms with Gasteiger partial charge in [-0.2, -0.15) is 0 Å². The molecule has 0 aliphatic rings. The Morgan fingerprint density at radius 3 is 2.57 bits per heavy atom. The van der Waals surface area contributed by atoms with E-state index in [1.54, 1.807) is 36.6 Å². The number of anilines is 2. The van der Waals surface area contributed by atoms with E-state index in [9.17, 15) is 17.6 Å². The minimum atomic E-state index is -4.11. The van der Waals surface area contributed by atoms with Crippen LogP contribution in [-0.2, 0) is 14.8 Å². The Labute approximate surface area is 171 Å². The van der Waals surface area contributed by atoms with Gasteiger partial charge in [0.1, 0.15) is 16.6 Å². The summed E-state index contributed by atoms with van der Waals surface area (Å²) in [6.07, 6.45) is 0. The molecule has 0 radical (unpaired) electrons. The lowest BCUT2D eigenvalue weighted by molar-refractivity contribution is -0.114. The predicted octanol–water partition coefficient (Wildman–Crippen LogP) is 4.68.